The van der Waals surface area contributed by atoms with Crippen molar-refractivity contribution in [2.75, 3.05) is 29.6 Å². The normalized spacial score (nSPS) is 10.7. The summed E-state index contributed by atoms with van der Waals surface area (Å²) in [6.07, 6.45) is 0. The molecule has 0 saturated carbocycles. The molecule has 4 aromatic carbocycles. The van der Waals surface area contributed by atoms with Crippen LogP contribution in [0.4, 0.5) is 28.4 Å². The van der Waals surface area contributed by atoms with Crippen LogP contribution >= 0.6 is 0 Å². The predicted molar refractivity (Wildman–Crippen MR) is 140 cm³/mol. The molecule has 0 unspecified atom stereocenters. The van der Waals surface area contributed by atoms with E-state index in [1.54, 1.807) is 42.5 Å². The smallest absolute Gasteiger partial charge is 0.255 e. The fourth-order valence-corrected chi connectivity index (χ4v) is 3.31. The predicted octanol–water partition coefficient (Wildman–Crippen LogP) is 6.67. The number of anilines is 3. The first-order valence-electron chi connectivity index (χ1n) is 11.0. The van der Waals surface area contributed by atoms with Gasteiger partial charge in [0.25, 0.3) is 11.8 Å². The van der Waals surface area contributed by atoms with Gasteiger partial charge in [0.2, 0.25) is 0 Å². The molecule has 0 aromatic heterocycles. The number of carbonyl (C=O) groups excluding carboxylic acids is 2. The summed E-state index contributed by atoms with van der Waals surface area (Å²) in [4.78, 5) is 27.9. The summed E-state index contributed by atoms with van der Waals surface area (Å²) < 4.78 is 0. The molecule has 7 heteroatoms. The molecule has 35 heavy (non-hydrogen) atoms. The van der Waals surface area contributed by atoms with Gasteiger partial charge in [-0.05, 0) is 66.7 Å². The minimum atomic E-state index is -0.350. The highest BCUT2D eigenvalue weighted by Crippen LogP contribution is 2.24. The monoisotopic (exact) mass is 463 g/mol. The van der Waals surface area contributed by atoms with E-state index in [1.807, 2.05) is 79.7 Å². The molecule has 0 spiro atoms. The van der Waals surface area contributed by atoms with Crippen LogP contribution < -0.4 is 15.5 Å². The number of amides is 2. The Morgan fingerprint density at radius 3 is 1.51 bits per heavy atom. The number of hydrogen-bond acceptors (Lipinski definition) is 5. The lowest BCUT2D eigenvalue weighted by Gasteiger charge is -2.11. The van der Waals surface area contributed by atoms with Crippen LogP contribution in [0.1, 0.15) is 20.7 Å². The second kappa shape index (κ2) is 10.9. The Morgan fingerprint density at radius 2 is 1.06 bits per heavy atom. The van der Waals surface area contributed by atoms with Gasteiger partial charge in [-0.3, -0.25) is 9.59 Å². The topological polar surface area (TPSA) is 86.2 Å². The number of nitrogens with one attached hydrogen (secondary N) is 2. The first-order chi connectivity index (χ1) is 17.0. The van der Waals surface area contributed by atoms with E-state index < -0.39 is 0 Å². The molecule has 0 aliphatic heterocycles. The fourth-order valence-electron chi connectivity index (χ4n) is 3.31. The second-order valence-electron chi connectivity index (χ2n) is 8.02. The first kappa shape index (κ1) is 23.4. The van der Waals surface area contributed by atoms with E-state index in [0.717, 1.165) is 5.69 Å². The standard InChI is InChI=1S/C28H25N5O2/c1-33(2)26-15-13-24(14-16-26)31-32-25-18-20(27(34)29-22-9-5-3-6-10-22)17-21(19-25)28(35)30-23-11-7-4-8-12-23/h3-19H,1-2H3,(H,29,34)(H,30,35). The molecule has 7 nitrogen and oxygen atoms in total. The maximum atomic E-state index is 13.0. The van der Waals surface area contributed by atoms with E-state index in [2.05, 4.69) is 20.9 Å². The lowest BCUT2D eigenvalue weighted by molar-refractivity contribution is 0.102. The Bertz CT molecular complexity index is 1260. The molecule has 0 aliphatic rings. The zero-order valence-electron chi connectivity index (χ0n) is 19.5. The highest BCUT2D eigenvalue weighted by molar-refractivity contribution is 6.09. The number of hydrogen-bond donors (Lipinski definition) is 2. The summed E-state index contributed by atoms with van der Waals surface area (Å²) in [7, 11) is 3.93. The highest BCUT2D eigenvalue weighted by atomic mass is 16.2. The number of carbonyl (C=O) groups is 2. The second-order valence-corrected chi connectivity index (χ2v) is 8.02. The van der Waals surface area contributed by atoms with Crippen molar-refractivity contribution in [1.82, 2.24) is 0 Å². The number of azo groups is 1. The SMILES string of the molecule is CN(C)c1ccc(N=Nc2cc(C(=O)Nc3ccccc3)cc(C(=O)Nc3ccccc3)c2)cc1. The summed E-state index contributed by atoms with van der Waals surface area (Å²) in [5.74, 6) is -0.699. The molecule has 0 bridgehead atoms. The minimum absolute atomic E-state index is 0.298. The van der Waals surface area contributed by atoms with Crippen LogP contribution in [0.3, 0.4) is 0 Å². The highest BCUT2D eigenvalue weighted by Gasteiger charge is 2.14. The molecule has 0 heterocycles. The summed E-state index contributed by atoms with van der Waals surface area (Å²) in [5.41, 5.74) is 3.99. The number of rotatable bonds is 7. The average Bonchev–Trinajstić information content (AvgIpc) is 2.88. The maximum Gasteiger partial charge on any atom is 0.255 e. The summed E-state index contributed by atoms with van der Waals surface area (Å²) in [5, 5.41) is 14.3. The number of nitrogens with zero attached hydrogens (tertiary/aromatic N) is 3. The van der Waals surface area contributed by atoms with Gasteiger partial charge in [0, 0.05) is 42.3 Å². The zero-order valence-corrected chi connectivity index (χ0v) is 19.5. The van der Waals surface area contributed by atoms with Gasteiger partial charge in [-0.25, -0.2) is 0 Å². The van der Waals surface area contributed by atoms with Gasteiger partial charge in [0.15, 0.2) is 0 Å². The van der Waals surface area contributed by atoms with Gasteiger partial charge in [0.1, 0.15) is 0 Å². The Labute approximate surface area is 204 Å². The van der Waals surface area contributed by atoms with Crippen molar-refractivity contribution in [3.05, 3.63) is 114 Å². The van der Waals surface area contributed by atoms with E-state index in [4.69, 9.17) is 0 Å². The molecule has 0 fully saturated rings. The van der Waals surface area contributed by atoms with Crippen molar-refractivity contribution in [3.63, 3.8) is 0 Å². The molecule has 2 amide bonds. The van der Waals surface area contributed by atoms with Crippen LogP contribution in [-0.2, 0) is 0 Å². The van der Waals surface area contributed by atoms with Crippen molar-refractivity contribution < 1.29 is 9.59 Å². The quantitative estimate of drug-likeness (QED) is 0.300. The molecule has 4 rings (SSSR count). The van der Waals surface area contributed by atoms with Crippen molar-refractivity contribution >= 4 is 40.3 Å². The van der Waals surface area contributed by atoms with Crippen molar-refractivity contribution in [3.8, 4) is 0 Å². The van der Waals surface area contributed by atoms with E-state index in [1.165, 1.54) is 0 Å². The van der Waals surface area contributed by atoms with Crippen molar-refractivity contribution in [1.29, 1.82) is 0 Å². The fraction of sp³-hybridized carbons (Fsp3) is 0.0714. The molecule has 4 aromatic rings. The lowest BCUT2D eigenvalue weighted by atomic mass is 10.1. The summed E-state index contributed by atoms with van der Waals surface area (Å²) >= 11 is 0. The number of benzene rings is 4. The first-order valence-corrected chi connectivity index (χ1v) is 11.0. The van der Waals surface area contributed by atoms with Crippen LogP contribution in [0, 0.1) is 0 Å². The van der Waals surface area contributed by atoms with Crippen LogP contribution in [0.15, 0.2) is 113 Å². The third-order valence-electron chi connectivity index (χ3n) is 5.15. The molecular formula is C28H25N5O2. The van der Waals surface area contributed by atoms with Crippen molar-refractivity contribution in [2.24, 2.45) is 10.2 Å². The zero-order chi connectivity index (χ0) is 24.6. The third-order valence-corrected chi connectivity index (χ3v) is 5.15. The molecule has 174 valence electrons. The molecule has 0 radical (unpaired) electrons. The van der Waals surface area contributed by atoms with Crippen LogP contribution in [0.5, 0.6) is 0 Å². The van der Waals surface area contributed by atoms with Gasteiger partial charge >= 0.3 is 0 Å². The van der Waals surface area contributed by atoms with E-state index in [-0.39, 0.29) is 11.8 Å². The van der Waals surface area contributed by atoms with Gasteiger partial charge in [-0.15, -0.1) is 0 Å². The largest absolute Gasteiger partial charge is 0.378 e. The van der Waals surface area contributed by atoms with E-state index >= 15 is 0 Å². The van der Waals surface area contributed by atoms with Crippen LogP contribution in [0.25, 0.3) is 0 Å². The van der Waals surface area contributed by atoms with E-state index in [0.29, 0.717) is 33.9 Å². The Balaban J connectivity index is 1.63. The van der Waals surface area contributed by atoms with Gasteiger partial charge in [-0.2, -0.15) is 10.2 Å². The summed E-state index contributed by atoms with van der Waals surface area (Å²) in [6.45, 7) is 0. The third kappa shape index (κ3) is 6.39. The minimum Gasteiger partial charge on any atom is -0.378 e. The summed E-state index contributed by atoms with van der Waals surface area (Å²) in [6, 6.07) is 30.6. The molecular weight excluding hydrogens is 438 g/mol. The van der Waals surface area contributed by atoms with Crippen LogP contribution in [-0.4, -0.2) is 25.9 Å². The molecule has 0 saturated heterocycles. The molecule has 0 atom stereocenters. The Hall–Kier alpha value is -4.78. The van der Waals surface area contributed by atoms with Crippen LogP contribution in [0.2, 0.25) is 0 Å². The number of para-hydroxylation sites is 2. The van der Waals surface area contributed by atoms with Crippen molar-refractivity contribution in [2.45, 2.75) is 0 Å². The lowest BCUT2D eigenvalue weighted by Crippen LogP contribution is -2.15. The molecule has 0 aliphatic carbocycles. The maximum absolute atomic E-state index is 13.0. The van der Waals surface area contributed by atoms with Gasteiger partial charge in [0.05, 0.1) is 11.4 Å². The Morgan fingerprint density at radius 1 is 0.600 bits per heavy atom. The average molecular weight is 464 g/mol. The van der Waals surface area contributed by atoms with E-state index in [9.17, 15) is 9.59 Å². The molecule has 2 N–H and O–H groups in total. The van der Waals surface area contributed by atoms with Gasteiger partial charge < -0.3 is 15.5 Å². The Kier molecular flexibility index (Phi) is 7.28. The van der Waals surface area contributed by atoms with Gasteiger partial charge in [-0.1, -0.05) is 36.4 Å².